The maximum Gasteiger partial charge on any atom is 0.319 e. The summed E-state index contributed by atoms with van der Waals surface area (Å²) in [6.45, 7) is 10.7. The van der Waals surface area contributed by atoms with Crippen molar-refractivity contribution >= 4 is 11.7 Å². The quantitative estimate of drug-likeness (QED) is 0.847. The van der Waals surface area contributed by atoms with Crippen molar-refractivity contribution in [3.63, 3.8) is 0 Å². The van der Waals surface area contributed by atoms with Crippen LogP contribution >= 0.6 is 0 Å². The number of carbonyl (C=O) groups is 1. The van der Waals surface area contributed by atoms with E-state index in [4.69, 9.17) is 0 Å². The van der Waals surface area contributed by atoms with Crippen molar-refractivity contribution in [2.24, 2.45) is 0 Å². The molecule has 5 heteroatoms. The first-order chi connectivity index (χ1) is 11.8. The van der Waals surface area contributed by atoms with E-state index < -0.39 is 0 Å². The summed E-state index contributed by atoms with van der Waals surface area (Å²) in [6.07, 6.45) is 3.64. The van der Waals surface area contributed by atoms with Crippen molar-refractivity contribution in [3.8, 4) is 0 Å². The summed E-state index contributed by atoms with van der Waals surface area (Å²) in [5, 5.41) is 10.5. The maximum absolute atomic E-state index is 12.5. The van der Waals surface area contributed by atoms with Crippen LogP contribution in [0.5, 0.6) is 0 Å². The molecular weight excluding hydrogens is 312 g/mol. The molecule has 2 aromatic rings. The molecule has 1 heterocycles. The number of hydrogen-bond donors (Lipinski definition) is 2. The molecule has 1 aromatic heterocycles. The number of nitrogens with one attached hydrogen (secondary N) is 2. The minimum absolute atomic E-state index is 0.0381. The number of nitrogens with zero attached hydrogens (tertiary/aromatic N) is 2. The van der Waals surface area contributed by atoms with Crippen molar-refractivity contribution in [3.05, 3.63) is 47.3 Å². The summed E-state index contributed by atoms with van der Waals surface area (Å²) in [5.74, 6) is 0. The van der Waals surface area contributed by atoms with Crippen LogP contribution in [0.25, 0.3) is 0 Å². The number of urea groups is 1. The highest BCUT2D eigenvalue weighted by molar-refractivity contribution is 5.90. The first kappa shape index (κ1) is 17.5. The van der Waals surface area contributed by atoms with Gasteiger partial charge in [-0.3, -0.25) is 4.68 Å². The van der Waals surface area contributed by atoms with Gasteiger partial charge in [-0.25, -0.2) is 4.79 Å². The molecule has 2 atom stereocenters. The summed E-state index contributed by atoms with van der Waals surface area (Å²) in [7, 11) is 0. The Morgan fingerprint density at radius 3 is 2.84 bits per heavy atom. The number of fused-ring (bicyclic) bond motifs is 1. The fraction of sp³-hybridized carbons (Fsp3) is 0.500. The summed E-state index contributed by atoms with van der Waals surface area (Å²) in [5.41, 5.74) is 4.36. The molecule has 0 aliphatic heterocycles. The van der Waals surface area contributed by atoms with Crippen LogP contribution in [0, 0.1) is 6.92 Å². The third-order valence-corrected chi connectivity index (χ3v) is 5.39. The van der Waals surface area contributed by atoms with E-state index in [1.54, 1.807) is 6.20 Å². The topological polar surface area (TPSA) is 59.0 Å². The SMILES string of the molecule is CCC(C)n1ncc(NC(=O)NC2CC(C)(C)c3ccccc32)c1C. The molecule has 2 N–H and O–H groups in total. The van der Waals surface area contributed by atoms with Gasteiger partial charge in [0.15, 0.2) is 0 Å². The fourth-order valence-corrected chi connectivity index (χ4v) is 3.76. The van der Waals surface area contributed by atoms with Gasteiger partial charge in [-0.05, 0) is 43.2 Å². The second kappa shape index (κ2) is 6.54. The van der Waals surface area contributed by atoms with Crippen LogP contribution in [-0.2, 0) is 5.41 Å². The monoisotopic (exact) mass is 340 g/mol. The van der Waals surface area contributed by atoms with E-state index in [9.17, 15) is 4.79 Å². The molecular formula is C20H28N4O. The zero-order valence-electron chi connectivity index (χ0n) is 15.8. The minimum atomic E-state index is -0.177. The lowest BCUT2D eigenvalue weighted by atomic mass is 9.86. The normalized spacial score (nSPS) is 19.3. The van der Waals surface area contributed by atoms with E-state index in [0.717, 1.165) is 24.2 Å². The molecule has 0 radical (unpaired) electrons. The van der Waals surface area contributed by atoms with Crippen LogP contribution in [-0.4, -0.2) is 15.8 Å². The number of aromatic nitrogens is 2. The second-order valence-electron chi connectivity index (χ2n) is 7.67. The highest BCUT2D eigenvalue weighted by atomic mass is 16.2. The largest absolute Gasteiger partial charge is 0.331 e. The average Bonchev–Trinajstić information content (AvgIpc) is 3.05. The summed E-state index contributed by atoms with van der Waals surface area (Å²) >= 11 is 0. The minimum Gasteiger partial charge on any atom is -0.331 e. The Morgan fingerprint density at radius 2 is 2.12 bits per heavy atom. The molecule has 0 bridgehead atoms. The average molecular weight is 340 g/mol. The molecule has 3 rings (SSSR count). The van der Waals surface area contributed by atoms with Gasteiger partial charge in [0.05, 0.1) is 23.6 Å². The molecule has 0 saturated heterocycles. The van der Waals surface area contributed by atoms with Gasteiger partial charge >= 0.3 is 6.03 Å². The fourth-order valence-electron chi connectivity index (χ4n) is 3.76. The molecule has 1 aromatic carbocycles. The Balaban J connectivity index is 1.71. The number of rotatable bonds is 4. The lowest BCUT2D eigenvalue weighted by Gasteiger charge is -2.19. The van der Waals surface area contributed by atoms with Gasteiger partial charge in [0.1, 0.15) is 0 Å². The number of amides is 2. The molecule has 0 fully saturated rings. The van der Waals surface area contributed by atoms with Gasteiger partial charge in [-0.2, -0.15) is 5.10 Å². The standard InChI is InChI=1S/C20H28N4O/c1-6-13(2)24-14(3)18(12-21-24)23-19(25)22-17-11-20(4,5)16-10-8-7-9-15(16)17/h7-10,12-13,17H,6,11H2,1-5H3,(H2,22,23,25). The van der Waals surface area contributed by atoms with Crippen LogP contribution in [0.1, 0.15) is 69.4 Å². The number of benzene rings is 1. The van der Waals surface area contributed by atoms with E-state index >= 15 is 0 Å². The molecule has 0 saturated carbocycles. The van der Waals surface area contributed by atoms with Crippen molar-refractivity contribution < 1.29 is 4.79 Å². The van der Waals surface area contributed by atoms with E-state index in [1.807, 2.05) is 17.7 Å². The number of anilines is 1. The van der Waals surface area contributed by atoms with Gasteiger partial charge in [0.25, 0.3) is 0 Å². The summed E-state index contributed by atoms with van der Waals surface area (Å²) in [6, 6.07) is 8.56. The van der Waals surface area contributed by atoms with Crippen LogP contribution in [0.15, 0.2) is 30.5 Å². The Bertz CT molecular complexity index is 778. The predicted octanol–water partition coefficient (Wildman–Crippen LogP) is 4.71. The molecule has 0 spiro atoms. The van der Waals surface area contributed by atoms with Gasteiger partial charge in [0.2, 0.25) is 0 Å². The van der Waals surface area contributed by atoms with Crippen LogP contribution in [0.2, 0.25) is 0 Å². The first-order valence-electron chi connectivity index (χ1n) is 9.04. The van der Waals surface area contributed by atoms with Crippen molar-refractivity contribution in [2.45, 2.75) is 65.0 Å². The molecule has 2 unspecified atom stereocenters. The van der Waals surface area contributed by atoms with E-state index in [0.29, 0.717) is 6.04 Å². The van der Waals surface area contributed by atoms with Crippen LogP contribution in [0.4, 0.5) is 10.5 Å². The smallest absolute Gasteiger partial charge is 0.319 e. The van der Waals surface area contributed by atoms with Crippen LogP contribution in [0.3, 0.4) is 0 Å². The molecule has 5 nitrogen and oxygen atoms in total. The third-order valence-electron chi connectivity index (χ3n) is 5.39. The van der Waals surface area contributed by atoms with E-state index in [2.05, 4.69) is 61.6 Å². The first-order valence-corrected chi connectivity index (χ1v) is 9.04. The Labute approximate surface area is 149 Å². The molecule has 1 aliphatic rings. The Morgan fingerprint density at radius 1 is 1.40 bits per heavy atom. The van der Waals surface area contributed by atoms with Gasteiger partial charge in [-0.15, -0.1) is 0 Å². The third kappa shape index (κ3) is 3.28. The highest BCUT2D eigenvalue weighted by Gasteiger charge is 2.37. The zero-order chi connectivity index (χ0) is 18.2. The highest BCUT2D eigenvalue weighted by Crippen LogP contribution is 2.44. The van der Waals surface area contributed by atoms with Gasteiger partial charge < -0.3 is 10.6 Å². The lowest BCUT2D eigenvalue weighted by Crippen LogP contribution is -2.32. The molecule has 25 heavy (non-hydrogen) atoms. The number of carbonyl (C=O) groups excluding carboxylic acids is 1. The molecule has 1 aliphatic carbocycles. The van der Waals surface area contributed by atoms with Crippen LogP contribution < -0.4 is 10.6 Å². The lowest BCUT2D eigenvalue weighted by molar-refractivity contribution is 0.247. The Kier molecular flexibility index (Phi) is 4.58. The van der Waals surface area contributed by atoms with E-state index in [1.165, 1.54) is 11.1 Å². The van der Waals surface area contributed by atoms with E-state index in [-0.39, 0.29) is 17.5 Å². The van der Waals surface area contributed by atoms with Gasteiger partial charge in [-0.1, -0.05) is 45.0 Å². The summed E-state index contributed by atoms with van der Waals surface area (Å²) in [4.78, 5) is 12.5. The molecule has 2 amide bonds. The Hall–Kier alpha value is -2.30. The van der Waals surface area contributed by atoms with Crippen molar-refractivity contribution in [1.29, 1.82) is 0 Å². The summed E-state index contributed by atoms with van der Waals surface area (Å²) < 4.78 is 1.96. The number of hydrogen-bond acceptors (Lipinski definition) is 2. The second-order valence-corrected chi connectivity index (χ2v) is 7.67. The van der Waals surface area contributed by atoms with Crippen molar-refractivity contribution in [1.82, 2.24) is 15.1 Å². The van der Waals surface area contributed by atoms with Crippen molar-refractivity contribution in [2.75, 3.05) is 5.32 Å². The zero-order valence-corrected chi connectivity index (χ0v) is 15.8. The predicted molar refractivity (Wildman–Crippen MR) is 101 cm³/mol. The molecule has 134 valence electrons. The van der Waals surface area contributed by atoms with Gasteiger partial charge in [0, 0.05) is 6.04 Å². The maximum atomic E-state index is 12.5.